The molecule has 2 atom stereocenters. The maximum absolute atomic E-state index is 12.3. The fourth-order valence-electron chi connectivity index (χ4n) is 3.18. The first kappa shape index (κ1) is 18.3. The summed E-state index contributed by atoms with van der Waals surface area (Å²) in [5.41, 5.74) is 4.38. The molecule has 0 saturated heterocycles. The number of nitrogens with one attached hydrogen (secondary N) is 1. The first-order valence-electron chi connectivity index (χ1n) is 8.60. The molecule has 5 N–H and O–H groups in total. The lowest BCUT2D eigenvalue weighted by atomic mass is 9.91. The number of nitrogens with zero attached hydrogens (tertiary/aromatic N) is 2. The van der Waals surface area contributed by atoms with Gasteiger partial charge in [0.25, 0.3) is 5.56 Å². The Balaban J connectivity index is 2.01. The average Bonchev–Trinajstić information content (AvgIpc) is 2.63. The highest BCUT2D eigenvalue weighted by Gasteiger charge is 2.24. The van der Waals surface area contributed by atoms with Crippen molar-refractivity contribution in [3.8, 4) is 17.3 Å². The van der Waals surface area contributed by atoms with Crippen LogP contribution in [0, 0.1) is 4.77 Å². The van der Waals surface area contributed by atoms with E-state index in [1.165, 1.54) is 10.8 Å². The minimum absolute atomic E-state index is 0.0696. The van der Waals surface area contributed by atoms with Gasteiger partial charge in [0.2, 0.25) is 5.88 Å². The summed E-state index contributed by atoms with van der Waals surface area (Å²) in [6.07, 6.45) is 5.68. The predicted molar refractivity (Wildman–Crippen MR) is 102 cm³/mol. The van der Waals surface area contributed by atoms with Gasteiger partial charge in [-0.3, -0.25) is 19.3 Å². The normalized spacial score (nSPS) is 20.4. The van der Waals surface area contributed by atoms with Crippen LogP contribution in [0.1, 0.15) is 31.2 Å². The van der Waals surface area contributed by atoms with Crippen LogP contribution < -0.4 is 16.0 Å². The summed E-state index contributed by atoms with van der Waals surface area (Å²) in [7, 11) is 1.58. The number of aromatic nitrogens is 2. The van der Waals surface area contributed by atoms with E-state index in [0.717, 1.165) is 25.7 Å². The van der Waals surface area contributed by atoms with Gasteiger partial charge in [0.15, 0.2) is 4.77 Å². The Hall–Kier alpha value is -2.45. The van der Waals surface area contributed by atoms with Gasteiger partial charge >= 0.3 is 0 Å². The smallest absolute Gasteiger partial charge is 0.264 e. The average molecular weight is 375 g/mol. The lowest BCUT2D eigenvalue weighted by molar-refractivity contribution is -0.428. The van der Waals surface area contributed by atoms with Gasteiger partial charge in [0, 0.05) is 12.6 Å². The van der Waals surface area contributed by atoms with E-state index >= 15 is 0 Å². The number of methoxy groups -OCH3 is 1. The van der Waals surface area contributed by atoms with Crippen molar-refractivity contribution >= 4 is 18.4 Å². The van der Waals surface area contributed by atoms with Gasteiger partial charge in [-0.2, -0.15) is 0 Å². The molecule has 8 heteroatoms. The van der Waals surface area contributed by atoms with E-state index in [1.807, 2.05) is 0 Å². The molecule has 138 valence electrons. The summed E-state index contributed by atoms with van der Waals surface area (Å²) >= 11 is 5.22. The molecule has 0 spiro atoms. The number of aliphatic imine (C=N–C) groups is 1. The molecule has 1 aliphatic rings. The summed E-state index contributed by atoms with van der Waals surface area (Å²) < 4.78 is 6.66. The minimum Gasteiger partial charge on any atom is -0.497 e. The van der Waals surface area contributed by atoms with Gasteiger partial charge in [0.1, 0.15) is 23.4 Å². The topological polar surface area (TPSA) is 107 Å². The Morgan fingerprint density at radius 3 is 2.69 bits per heavy atom. The van der Waals surface area contributed by atoms with Gasteiger partial charge in [-0.25, -0.2) is 0 Å². The van der Waals surface area contributed by atoms with E-state index < -0.39 is 5.56 Å². The Morgan fingerprint density at radius 1 is 1.35 bits per heavy atom. The van der Waals surface area contributed by atoms with Crippen LogP contribution >= 0.6 is 12.2 Å². The standard InChI is InChI=1S/C18H22N4O3S/c1-25-12-8-6-11(7-9-12)22-17(24)13(16(23)21-18(22)26)10-20-15-5-3-2-4-14(15)19/h6-10,14-15,24H,2-5,19H2,1H3,(H,21,23,26)/p+1/t14-,15+/m1/s1. The lowest BCUT2D eigenvalue weighted by Crippen LogP contribution is -2.66. The molecule has 1 heterocycles. The second kappa shape index (κ2) is 7.84. The molecule has 0 unspecified atom stereocenters. The van der Waals surface area contributed by atoms with Crippen molar-refractivity contribution in [2.45, 2.75) is 37.8 Å². The van der Waals surface area contributed by atoms with Gasteiger partial charge in [0.05, 0.1) is 12.8 Å². The van der Waals surface area contributed by atoms with Crippen molar-refractivity contribution in [2.75, 3.05) is 7.11 Å². The van der Waals surface area contributed by atoms with Gasteiger partial charge in [-0.1, -0.05) is 6.42 Å². The quantitative estimate of drug-likeness (QED) is 0.557. The zero-order valence-corrected chi connectivity index (χ0v) is 15.5. The molecule has 1 saturated carbocycles. The Labute approximate surface area is 156 Å². The summed E-state index contributed by atoms with van der Waals surface area (Å²) in [4.78, 5) is 19.4. The van der Waals surface area contributed by atoms with E-state index in [0.29, 0.717) is 11.4 Å². The molecule has 1 aromatic carbocycles. The van der Waals surface area contributed by atoms with Crippen molar-refractivity contribution < 1.29 is 15.6 Å². The van der Waals surface area contributed by atoms with Crippen molar-refractivity contribution in [2.24, 2.45) is 4.99 Å². The second-order valence-electron chi connectivity index (χ2n) is 6.42. The van der Waals surface area contributed by atoms with Crippen molar-refractivity contribution in [1.82, 2.24) is 9.55 Å². The number of aromatic amines is 1. The number of quaternary nitrogens is 1. The van der Waals surface area contributed by atoms with Crippen LogP contribution in [0.25, 0.3) is 5.69 Å². The number of aromatic hydroxyl groups is 1. The van der Waals surface area contributed by atoms with Gasteiger partial charge in [-0.15, -0.1) is 0 Å². The molecule has 0 amide bonds. The zero-order valence-electron chi connectivity index (χ0n) is 14.6. The monoisotopic (exact) mass is 375 g/mol. The summed E-state index contributed by atoms with van der Waals surface area (Å²) in [6.45, 7) is 0. The maximum atomic E-state index is 12.3. The first-order valence-corrected chi connectivity index (χ1v) is 9.01. The van der Waals surface area contributed by atoms with Gasteiger partial charge < -0.3 is 15.6 Å². The lowest BCUT2D eigenvalue weighted by Gasteiger charge is -2.22. The van der Waals surface area contributed by atoms with E-state index in [9.17, 15) is 9.90 Å². The number of rotatable bonds is 4. The van der Waals surface area contributed by atoms with E-state index in [4.69, 9.17) is 17.0 Å². The third kappa shape index (κ3) is 3.71. The molecule has 0 aliphatic heterocycles. The highest BCUT2D eigenvalue weighted by molar-refractivity contribution is 7.71. The highest BCUT2D eigenvalue weighted by Crippen LogP contribution is 2.22. The Kier molecular flexibility index (Phi) is 5.53. The molecular weight excluding hydrogens is 352 g/mol. The summed E-state index contributed by atoms with van der Waals surface area (Å²) in [6, 6.07) is 7.31. The van der Waals surface area contributed by atoms with Crippen molar-refractivity contribution in [3.63, 3.8) is 0 Å². The van der Waals surface area contributed by atoms with Crippen LogP contribution in [-0.2, 0) is 0 Å². The van der Waals surface area contributed by atoms with Crippen LogP contribution in [0.4, 0.5) is 0 Å². The molecule has 26 heavy (non-hydrogen) atoms. The number of ether oxygens (including phenoxy) is 1. The highest BCUT2D eigenvalue weighted by atomic mass is 32.1. The largest absolute Gasteiger partial charge is 0.497 e. The number of benzene rings is 1. The molecule has 0 bridgehead atoms. The summed E-state index contributed by atoms with van der Waals surface area (Å²) in [5.74, 6) is 0.453. The van der Waals surface area contributed by atoms with Crippen LogP contribution in [0.15, 0.2) is 34.1 Å². The van der Waals surface area contributed by atoms with E-state index in [-0.39, 0.29) is 28.3 Å². The Morgan fingerprint density at radius 2 is 2.04 bits per heavy atom. The third-order valence-corrected chi connectivity index (χ3v) is 5.00. The molecule has 7 nitrogen and oxygen atoms in total. The SMILES string of the molecule is COc1ccc(-n2c(O)c(C=N[C@H]3CCCC[C@H]3[NH3+])c(=O)[nH]c2=S)cc1. The summed E-state index contributed by atoms with van der Waals surface area (Å²) in [5, 5.41) is 10.7. The molecule has 2 aromatic rings. The second-order valence-corrected chi connectivity index (χ2v) is 6.81. The predicted octanol–water partition coefficient (Wildman–Crippen LogP) is 1.58. The molecule has 3 rings (SSSR count). The van der Waals surface area contributed by atoms with Crippen LogP contribution in [0.3, 0.4) is 0 Å². The fraction of sp³-hybridized carbons (Fsp3) is 0.389. The molecule has 0 radical (unpaired) electrons. The number of hydrogen-bond donors (Lipinski definition) is 3. The molecular formula is C18H23N4O3S+. The van der Waals surface area contributed by atoms with Crippen LogP contribution in [-0.4, -0.2) is 40.1 Å². The third-order valence-electron chi connectivity index (χ3n) is 4.72. The number of H-pyrrole nitrogens is 1. The minimum atomic E-state index is -0.461. The zero-order chi connectivity index (χ0) is 18.7. The number of hydrogen-bond acceptors (Lipinski definition) is 5. The maximum Gasteiger partial charge on any atom is 0.264 e. The van der Waals surface area contributed by atoms with Crippen LogP contribution in [0.2, 0.25) is 0 Å². The van der Waals surface area contributed by atoms with Crippen molar-refractivity contribution in [3.05, 3.63) is 45.0 Å². The van der Waals surface area contributed by atoms with E-state index in [2.05, 4.69) is 15.7 Å². The first-order chi connectivity index (χ1) is 12.5. The Bertz CT molecular complexity index is 918. The van der Waals surface area contributed by atoms with Crippen molar-refractivity contribution in [1.29, 1.82) is 0 Å². The van der Waals surface area contributed by atoms with E-state index in [1.54, 1.807) is 31.4 Å². The molecule has 1 fully saturated rings. The van der Waals surface area contributed by atoms with Gasteiger partial charge in [-0.05, 0) is 49.3 Å². The molecule has 1 aliphatic carbocycles. The fourth-order valence-corrected chi connectivity index (χ4v) is 3.46. The van der Waals surface area contributed by atoms with Crippen LogP contribution in [0.5, 0.6) is 11.6 Å². The molecule has 1 aromatic heterocycles.